The molecule has 0 heterocycles. The van der Waals surface area contributed by atoms with Gasteiger partial charge in [-0.2, -0.15) is 0 Å². The molecule has 0 saturated heterocycles. The number of ether oxygens (including phenoxy) is 1. The Morgan fingerprint density at radius 2 is 1.83 bits per heavy atom. The second kappa shape index (κ2) is 7.35. The van der Waals surface area contributed by atoms with Gasteiger partial charge < -0.3 is 15.4 Å². The monoisotopic (exact) mass is 320 g/mol. The van der Waals surface area contributed by atoms with Gasteiger partial charge in [0.25, 0.3) is 5.91 Å². The summed E-state index contributed by atoms with van der Waals surface area (Å²) in [6.07, 6.45) is 0. The van der Waals surface area contributed by atoms with Crippen molar-refractivity contribution in [1.82, 2.24) is 0 Å². The maximum Gasteiger partial charge on any atom is 0.340 e. The molecule has 0 aliphatic rings. The van der Waals surface area contributed by atoms with E-state index in [0.29, 0.717) is 5.69 Å². The van der Waals surface area contributed by atoms with E-state index in [1.807, 2.05) is 0 Å². The van der Waals surface area contributed by atoms with Crippen LogP contribution in [-0.4, -0.2) is 25.5 Å². The van der Waals surface area contributed by atoms with Crippen molar-refractivity contribution < 1.29 is 23.1 Å². The fourth-order valence-corrected chi connectivity index (χ4v) is 1.86. The molecule has 0 unspecified atom stereocenters. The first-order valence-corrected chi connectivity index (χ1v) is 6.70. The lowest BCUT2D eigenvalue weighted by atomic mass is 10.2. The van der Waals surface area contributed by atoms with Gasteiger partial charge in [0.15, 0.2) is 18.2 Å². The molecule has 2 rings (SSSR count). The third kappa shape index (κ3) is 4.26. The van der Waals surface area contributed by atoms with Crippen LogP contribution in [0.15, 0.2) is 42.5 Å². The number of benzene rings is 2. The Morgan fingerprint density at radius 1 is 1.09 bits per heavy atom. The van der Waals surface area contributed by atoms with Crippen molar-refractivity contribution in [2.24, 2.45) is 0 Å². The number of anilines is 2. The van der Waals surface area contributed by atoms with Crippen molar-refractivity contribution in [3.05, 3.63) is 59.7 Å². The molecule has 2 N–H and O–H groups in total. The maximum atomic E-state index is 13.0. The van der Waals surface area contributed by atoms with Crippen molar-refractivity contribution in [3.63, 3.8) is 0 Å². The molecule has 0 aliphatic carbocycles. The summed E-state index contributed by atoms with van der Waals surface area (Å²) in [4.78, 5) is 23.6. The summed E-state index contributed by atoms with van der Waals surface area (Å²) in [5.74, 6) is -3.43. The third-order valence-corrected chi connectivity index (χ3v) is 2.95. The van der Waals surface area contributed by atoms with Crippen LogP contribution >= 0.6 is 0 Å². The van der Waals surface area contributed by atoms with Gasteiger partial charge in [-0.05, 0) is 24.3 Å². The van der Waals surface area contributed by atoms with Crippen LogP contribution in [0.25, 0.3) is 0 Å². The van der Waals surface area contributed by atoms with Crippen LogP contribution in [0.1, 0.15) is 10.4 Å². The molecule has 2 aromatic carbocycles. The third-order valence-electron chi connectivity index (χ3n) is 2.95. The Balaban J connectivity index is 1.93. The quantitative estimate of drug-likeness (QED) is 0.831. The van der Waals surface area contributed by atoms with Gasteiger partial charge in [0, 0.05) is 24.5 Å². The van der Waals surface area contributed by atoms with Gasteiger partial charge in [-0.1, -0.05) is 12.1 Å². The first-order valence-electron chi connectivity index (χ1n) is 6.70. The lowest BCUT2D eigenvalue weighted by Gasteiger charge is -2.09. The summed E-state index contributed by atoms with van der Waals surface area (Å²) >= 11 is 0. The average Bonchev–Trinajstić information content (AvgIpc) is 2.56. The lowest BCUT2D eigenvalue weighted by molar-refractivity contribution is -0.119. The standard InChI is InChI=1S/C16H14F2N2O3/c1-19-14-5-3-2-4-11(14)16(22)23-9-15(21)20-10-6-7-12(17)13(18)8-10/h2-8,19H,9H2,1H3,(H,20,21). The molecule has 0 saturated carbocycles. The summed E-state index contributed by atoms with van der Waals surface area (Å²) in [6.45, 7) is -0.546. The Bertz CT molecular complexity index is 735. The van der Waals surface area contributed by atoms with Crippen LogP contribution in [0.4, 0.5) is 20.2 Å². The molecule has 0 fully saturated rings. The number of carbonyl (C=O) groups excluding carboxylic acids is 2. The van der Waals surface area contributed by atoms with Crippen LogP contribution in [0, 0.1) is 11.6 Å². The highest BCUT2D eigenvalue weighted by atomic mass is 19.2. The SMILES string of the molecule is CNc1ccccc1C(=O)OCC(=O)Nc1ccc(F)c(F)c1. The van der Waals surface area contributed by atoms with E-state index >= 15 is 0 Å². The van der Waals surface area contributed by atoms with Gasteiger partial charge in [-0.15, -0.1) is 0 Å². The van der Waals surface area contributed by atoms with Crippen molar-refractivity contribution in [2.45, 2.75) is 0 Å². The number of nitrogens with one attached hydrogen (secondary N) is 2. The van der Waals surface area contributed by atoms with Crippen molar-refractivity contribution in [2.75, 3.05) is 24.3 Å². The molecule has 0 aliphatic heterocycles. The van der Waals surface area contributed by atoms with E-state index in [-0.39, 0.29) is 11.3 Å². The second-order valence-corrected chi connectivity index (χ2v) is 4.55. The number of hydrogen-bond acceptors (Lipinski definition) is 4. The highest BCUT2D eigenvalue weighted by molar-refractivity contribution is 5.98. The van der Waals surface area contributed by atoms with E-state index < -0.39 is 30.1 Å². The Morgan fingerprint density at radius 3 is 2.52 bits per heavy atom. The predicted octanol–water partition coefficient (Wildman–Crippen LogP) is 2.80. The first kappa shape index (κ1) is 16.4. The summed E-state index contributed by atoms with van der Waals surface area (Å²) in [5.41, 5.74) is 0.926. The highest BCUT2D eigenvalue weighted by Gasteiger charge is 2.14. The number of carbonyl (C=O) groups is 2. The maximum absolute atomic E-state index is 13.0. The second-order valence-electron chi connectivity index (χ2n) is 4.55. The number of hydrogen-bond donors (Lipinski definition) is 2. The molecule has 0 atom stereocenters. The predicted molar refractivity (Wildman–Crippen MR) is 81.3 cm³/mol. The number of para-hydroxylation sites is 1. The molecule has 0 bridgehead atoms. The molecular weight excluding hydrogens is 306 g/mol. The zero-order valence-electron chi connectivity index (χ0n) is 12.2. The van der Waals surface area contributed by atoms with Crippen LogP contribution in [0.5, 0.6) is 0 Å². The normalized spacial score (nSPS) is 10.0. The van der Waals surface area contributed by atoms with Gasteiger partial charge in [0.05, 0.1) is 5.56 Å². The van der Waals surface area contributed by atoms with Crippen molar-refractivity contribution in [3.8, 4) is 0 Å². The van der Waals surface area contributed by atoms with Crippen LogP contribution in [0.3, 0.4) is 0 Å². The number of halogens is 2. The molecule has 1 amide bonds. The fourth-order valence-electron chi connectivity index (χ4n) is 1.86. The molecule has 2 aromatic rings. The number of rotatable bonds is 5. The zero-order chi connectivity index (χ0) is 16.8. The summed E-state index contributed by atoms with van der Waals surface area (Å²) in [7, 11) is 1.65. The van der Waals surface area contributed by atoms with Crippen molar-refractivity contribution in [1.29, 1.82) is 0 Å². The van der Waals surface area contributed by atoms with Crippen molar-refractivity contribution >= 4 is 23.3 Å². The number of amides is 1. The summed E-state index contributed by atoms with van der Waals surface area (Å²) in [5, 5.41) is 5.14. The molecule has 0 radical (unpaired) electrons. The van der Waals surface area contributed by atoms with Gasteiger partial charge in [0.1, 0.15) is 0 Å². The van der Waals surface area contributed by atoms with E-state index in [4.69, 9.17) is 4.74 Å². The Labute approximate surface area is 131 Å². The van der Waals surface area contributed by atoms with Gasteiger partial charge in [-0.25, -0.2) is 13.6 Å². The number of esters is 1. The minimum atomic E-state index is -1.08. The van der Waals surface area contributed by atoms with E-state index in [9.17, 15) is 18.4 Å². The molecule has 23 heavy (non-hydrogen) atoms. The van der Waals surface area contributed by atoms with E-state index in [2.05, 4.69) is 10.6 Å². The fraction of sp³-hybridized carbons (Fsp3) is 0.125. The van der Waals surface area contributed by atoms with E-state index in [0.717, 1.165) is 12.1 Å². The summed E-state index contributed by atoms with van der Waals surface area (Å²) in [6, 6.07) is 9.59. The lowest BCUT2D eigenvalue weighted by Crippen LogP contribution is -2.21. The van der Waals surface area contributed by atoms with E-state index in [1.165, 1.54) is 6.07 Å². The molecule has 7 heteroatoms. The molecule has 5 nitrogen and oxygen atoms in total. The summed E-state index contributed by atoms with van der Waals surface area (Å²) < 4.78 is 30.7. The largest absolute Gasteiger partial charge is 0.452 e. The van der Waals surface area contributed by atoms with Crippen LogP contribution < -0.4 is 10.6 Å². The minimum Gasteiger partial charge on any atom is -0.452 e. The highest BCUT2D eigenvalue weighted by Crippen LogP contribution is 2.16. The van der Waals surface area contributed by atoms with Crippen LogP contribution in [0.2, 0.25) is 0 Å². The van der Waals surface area contributed by atoms with E-state index in [1.54, 1.807) is 31.3 Å². The Hall–Kier alpha value is -2.96. The van der Waals surface area contributed by atoms with Crippen LogP contribution in [-0.2, 0) is 9.53 Å². The van der Waals surface area contributed by atoms with Gasteiger partial charge in [0.2, 0.25) is 0 Å². The van der Waals surface area contributed by atoms with Gasteiger partial charge >= 0.3 is 5.97 Å². The van der Waals surface area contributed by atoms with Gasteiger partial charge in [-0.3, -0.25) is 4.79 Å². The first-order chi connectivity index (χ1) is 11.0. The smallest absolute Gasteiger partial charge is 0.340 e. The molecular formula is C16H14F2N2O3. The zero-order valence-corrected chi connectivity index (χ0v) is 12.2. The average molecular weight is 320 g/mol. The molecule has 120 valence electrons. The molecule has 0 aromatic heterocycles. The Kier molecular flexibility index (Phi) is 5.24. The molecule has 0 spiro atoms. The minimum absolute atomic E-state index is 0.0700. The topological polar surface area (TPSA) is 67.4 Å².